The van der Waals surface area contributed by atoms with Gasteiger partial charge in [-0.05, 0) is 30.9 Å². The molecule has 0 unspecified atom stereocenters. The average molecular weight is 313 g/mol. The first-order chi connectivity index (χ1) is 9.97. The number of sulfonamides is 1. The summed E-state index contributed by atoms with van der Waals surface area (Å²) in [6, 6.07) is 4.65. The van der Waals surface area contributed by atoms with Crippen LogP contribution in [-0.4, -0.2) is 28.7 Å². The second-order valence-corrected chi connectivity index (χ2v) is 7.22. The first kappa shape index (κ1) is 16.1. The molecular formula is C15H23NO4S. The Morgan fingerprint density at radius 1 is 1.10 bits per heavy atom. The molecule has 2 atom stereocenters. The van der Waals surface area contributed by atoms with Crippen molar-refractivity contribution < 1.29 is 17.9 Å². The van der Waals surface area contributed by atoms with E-state index in [1.54, 1.807) is 6.07 Å². The van der Waals surface area contributed by atoms with Crippen LogP contribution in [0.3, 0.4) is 0 Å². The van der Waals surface area contributed by atoms with Gasteiger partial charge >= 0.3 is 0 Å². The van der Waals surface area contributed by atoms with Gasteiger partial charge in [0, 0.05) is 12.1 Å². The van der Waals surface area contributed by atoms with Gasteiger partial charge in [-0.25, -0.2) is 13.1 Å². The van der Waals surface area contributed by atoms with E-state index in [1.807, 2.05) is 0 Å². The molecule has 1 aromatic carbocycles. The predicted octanol–water partition coefficient (Wildman–Crippen LogP) is 2.56. The molecule has 0 spiro atoms. The van der Waals surface area contributed by atoms with Gasteiger partial charge in [0.2, 0.25) is 10.0 Å². The molecule has 1 aliphatic rings. The fourth-order valence-corrected chi connectivity index (χ4v) is 4.14. The van der Waals surface area contributed by atoms with Crippen LogP contribution in [0, 0.1) is 5.92 Å². The summed E-state index contributed by atoms with van der Waals surface area (Å²) < 4.78 is 38.1. The van der Waals surface area contributed by atoms with Crippen LogP contribution in [0.1, 0.15) is 32.6 Å². The Labute approximate surface area is 126 Å². The molecule has 2 rings (SSSR count). The smallest absolute Gasteiger partial charge is 0.240 e. The first-order valence-electron chi connectivity index (χ1n) is 7.22. The predicted molar refractivity (Wildman–Crippen MR) is 81.3 cm³/mol. The third-order valence-electron chi connectivity index (χ3n) is 4.08. The minimum atomic E-state index is -3.54. The molecule has 5 nitrogen and oxygen atoms in total. The van der Waals surface area contributed by atoms with E-state index in [0.29, 0.717) is 17.4 Å². The minimum absolute atomic E-state index is 0.0110. The molecule has 0 bridgehead atoms. The van der Waals surface area contributed by atoms with Gasteiger partial charge in [0.1, 0.15) is 0 Å². The topological polar surface area (TPSA) is 64.6 Å². The van der Waals surface area contributed by atoms with Crippen LogP contribution in [-0.2, 0) is 10.0 Å². The van der Waals surface area contributed by atoms with Crippen molar-refractivity contribution in [1.82, 2.24) is 4.72 Å². The molecule has 1 N–H and O–H groups in total. The second-order valence-electron chi connectivity index (χ2n) is 5.51. The van der Waals surface area contributed by atoms with Gasteiger partial charge in [-0.3, -0.25) is 0 Å². The third kappa shape index (κ3) is 3.68. The molecule has 0 amide bonds. The number of ether oxygens (including phenoxy) is 2. The van der Waals surface area contributed by atoms with Crippen LogP contribution < -0.4 is 14.2 Å². The van der Waals surface area contributed by atoms with Crippen molar-refractivity contribution in [3.8, 4) is 11.5 Å². The zero-order valence-electron chi connectivity index (χ0n) is 12.8. The lowest BCUT2D eigenvalue weighted by atomic mass is 9.87. The summed E-state index contributed by atoms with van der Waals surface area (Å²) in [5, 5.41) is 0. The number of rotatable bonds is 5. The van der Waals surface area contributed by atoms with E-state index in [2.05, 4.69) is 11.6 Å². The van der Waals surface area contributed by atoms with Crippen LogP contribution in [0.25, 0.3) is 0 Å². The first-order valence-corrected chi connectivity index (χ1v) is 8.70. The van der Waals surface area contributed by atoms with Gasteiger partial charge in [0.05, 0.1) is 19.1 Å². The molecule has 0 saturated heterocycles. The lowest BCUT2D eigenvalue weighted by Gasteiger charge is -2.29. The number of hydrogen-bond acceptors (Lipinski definition) is 4. The highest BCUT2D eigenvalue weighted by molar-refractivity contribution is 7.89. The Morgan fingerprint density at radius 3 is 2.38 bits per heavy atom. The fraction of sp³-hybridized carbons (Fsp3) is 0.600. The SMILES string of the molecule is COc1ccc(S(=O)(=O)N[C@@H]2CCCC[C@H]2C)cc1OC. The molecule has 0 radical (unpaired) electrons. The Balaban J connectivity index is 2.22. The number of nitrogens with one attached hydrogen (secondary N) is 1. The molecule has 0 aliphatic heterocycles. The molecule has 1 aliphatic carbocycles. The maximum Gasteiger partial charge on any atom is 0.240 e. The van der Waals surface area contributed by atoms with Crippen molar-refractivity contribution in [2.45, 2.75) is 43.5 Å². The van der Waals surface area contributed by atoms with E-state index in [4.69, 9.17) is 9.47 Å². The van der Waals surface area contributed by atoms with Gasteiger partial charge < -0.3 is 9.47 Å². The van der Waals surface area contributed by atoms with Crippen LogP contribution in [0.4, 0.5) is 0 Å². The van der Waals surface area contributed by atoms with Gasteiger partial charge in [-0.2, -0.15) is 0 Å². The number of benzene rings is 1. The summed E-state index contributed by atoms with van der Waals surface area (Å²) in [7, 11) is -0.523. The van der Waals surface area contributed by atoms with E-state index in [0.717, 1.165) is 19.3 Å². The van der Waals surface area contributed by atoms with Crippen LogP contribution in [0.15, 0.2) is 23.1 Å². The van der Waals surface area contributed by atoms with Crippen molar-refractivity contribution in [2.75, 3.05) is 14.2 Å². The van der Waals surface area contributed by atoms with Crippen molar-refractivity contribution in [3.05, 3.63) is 18.2 Å². The van der Waals surface area contributed by atoms with Crippen molar-refractivity contribution in [2.24, 2.45) is 5.92 Å². The summed E-state index contributed by atoms with van der Waals surface area (Å²) in [6.07, 6.45) is 4.21. The molecule has 21 heavy (non-hydrogen) atoms. The summed E-state index contributed by atoms with van der Waals surface area (Å²) in [6.45, 7) is 2.10. The number of hydrogen-bond donors (Lipinski definition) is 1. The Kier molecular flexibility index (Phi) is 5.11. The molecule has 118 valence electrons. The monoisotopic (exact) mass is 313 g/mol. The summed E-state index contributed by atoms with van der Waals surface area (Å²) in [4.78, 5) is 0.206. The molecule has 1 aromatic rings. The fourth-order valence-electron chi connectivity index (χ4n) is 2.74. The lowest BCUT2D eigenvalue weighted by molar-refractivity contribution is 0.310. The van der Waals surface area contributed by atoms with Gasteiger partial charge in [0.25, 0.3) is 0 Å². The highest BCUT2D eigenvalue weighted by atomic mass is 32.2. The Hall–Kier alpha value is -1.27. The normalized spacial score (nSPS) is 22.8. The zero-order valence-corrected chi connectivity index (χ0v) is 13.6. The quantitative estimate of drug-likeness (QED) is 0.907. The highest BCUT2D eigenvalue weighted by Crippen LogP contribution is 2.30. The maximum absolute atomic E-state index is 12.5. The largest absolute Gasteiger partial charge is 0.493 e. The van der Waals surface area contributed by atoms with Gasteiger partial charge in [-0.15, -0.1) is 0 Å². The zero-order chi connectivity index (χ0) is 15.5. The van der Waals surface area contributed by atoms with Crippen LogP contribution in [0.2, 0.25) is 0 Å². The lowest BCUT2D eigenvalue weighted by Crippen LogP contribution is -2.40. The second kappa shape index (κ2) is 6.66. The molecular weight excluding hydrogens is 290 g/mol. The van der Waals surface area contributed by atoms with Crippen LogP contribution >= 0.6 is 0 Å². The number of methoxy groups -OCH3 is 2. The van der Waals surface area contributed by atoms with Gasteiger partial charge in [0.15, 0.2) is 11.5 Å². The summed E-state index contributed by atoms with van der Waals surface area (Å²) >= 11 is 0. The third-order valence-corrected chi connectivity index (χ3v) is 5.57. The Bertz CT molecular complexity index is 585. The van der Waals surface area contributed by atoms with E-state index >= 15 is 0 Å². The summed E-state index contributed by atoms with van der Waals surface area (Å²) in [5.74, 6) is 1.30. The van der Waals surface area contributed by atoms with E-state index in [9.17, 15) is 8.42 Å². The van der Waals surface area contributed by atoms with Crippen LogP contribution in [0.5, 0.6) is 11.5 Å². The van der Waals surface area contributed by atoms with Crippen molar-refractivity contribution in [3.63, 3.8) is 0 Å². The Morgan fingerprint density at radius 2 is 1.76 bits per heavy atom. The van der Waals surface area contributed by atoms with Crippen molar-refractivity contribution in [1.29, 1.82) is 0 Å². The molecule has 6 heteroatoms. The minimum Gasteiger partial charge on any atom is -0.493 e. The van der Waals surface area contributed by atoms with Gasteiger partial charge in [-0.1, -0.05) is 19.8 Å². The molecule has 0 heterocycles. The van der Waals surface area contributed by atoms with E-state index < -0.39 is 10.0 Å². The van der Waals surface area contributed by atoms with E-state index in [-0.39, 0.29) is 10.9 Å². The van der Waals surface area contributed by atoms with Crippen molar-refractivity contribution >= 4 is 10.0 Å². The molecule has 1 fully saturated rings. The standard InChI is InChI=1S/C15H23NO4S/c1-11-6-4-5-7-13(11)16-21(17,18)12-8-9-14(19-2)15(10-12)20-3/h8-11,13,16H,4-7H2,1-3H3/t11-,13-/m1/s1. The average Bonchev–Trinajstić information content (AvgIpc) is 2.48. The summed E-state index contributed by atoms with van der Waals surface area (Å²) in [5.41, 5.74) is 0. The molecule has 1 saturated carbocycles. The molecule has 0 aromatic heterocycles. The maximum atomic E-state index is 12.5. The van der Waals surface area contributed by atoms with E-state index in [1.165, 1.54) is 32.8 Å². The highest BCUT2D eigenvalue weighted by Gasteiger charge is 2.27.